The molecular weight excluding hydrogens is 252 g/mol. The molecule has 19 heavy (non-hydrogen) atoms. The average molecular weight is 276 g/mol. The molecule has 1 aromatic carbocycles. The summed E-state index contributed by atoms with van der Waals surface area (Å²) in [6.07, 6.45) is 3.96. The second-order valence-electron chi connectivity index (χ2n) is 5.78. The van der Waals surface area contributed by atoms with Crippen molar-refractivity contribution in [1.82, 2.24) is 10.2 Å². The summed E-state index contributed by atoms with van der Waals surface area (Å²) < 4.78 is 0. The summed E-state index contributed by atoms with van der Waals surface area (Å²) >= 11 is 2.10. The van der Waals surface area contributed by atoms with Crippen LogP contribution in [0.2, 0.25) is 0 Å². The van der Waals surface area contributed by atoms with Gasteiger partial charge in [-0.2, -0.15) is 11.8 Å². The van der Waals surface area contributed by atoms with Gasteiger partial charge in [0, 0.05) is 24.7 Å². The predicted molar refractivity (Wildman–Crippen MR) is 83.7 cm³/mol. The molecule has 0 amide bonds. The summed E-state index contributed by atoms with van der Waals surface area (Å²) in [5.74, 6) is 2.66. The number of rotatable bonds is 3. The Bertz CT molecular complexity index is 389. The summed E-state index contributed by atoms with van der Waals surface area (Å²) in [4.78, 5) is 2.50. The van der Waals surface area contributed by atoms with E-state index >= 15 is 0 Å². The number of likely N-dealkylation sites (N-methyl/N-ethyl adjacent to an activating group) is 1. The van der Waals surface area contributed by atoms with Gasteiger partial charge >= 0.3 is 0 Å². The SMILES string of the molecule is CN1CCC(NC2CCSCC2)C1c1ccccc1. The normalized spacial score (nSPS) is 29.7. The molecule has 2 unspecified atom stereocenters. The first kappa shape index (κ1) is 13.5. The summed E-state index contributed by atoms with van der Waals surface area (Å²) in [5.41, 5.74) is 1.46. The third kappa shape index (κ3) is 3.15. The predicted octanol–water partition coefficient (Wildman–Crippen LogP) is 2.92. The van der Waals surface area contributed by atoms with Crippen molar-refractivity contribution in [1.29, 1.82) is 0 Å². The van der Waals surface area contributed by atoms with Gasteiger partial charge in [-0.05, 0) is 43.4 Å². The molecule has 0 spiro atoms. The zero-order chi connectivity index (χ0) is 13.1. The second-order valence-corrected chi connectivity index (χ2v) is 7.01. The minimum Gasteiger partial charge on any atom is -0.309 e. The maximum atomic E-state index is 3.94. The largest absolute Gasteiger partial charge is 0.309 e. The highest BCUT2D eigenvalue weighted by molar-refractivity contribution is 7.99. The van der Waals surface area contributed by atoms with Crippen molar-refractivity contribution in [3.8, 4) is 0 Å². The Morgan fingerprint density at radius 1 is 1.11 bits per heavy atom. The van der Waals surface area contributed by atoms with Gasteiger partial charge in [0.2, 0.25) is 0 Å². The van der Waals surface area contributed by atoms with Crippen molar-refractivity contribution in [2.24, 2.45) is 0 Å². The fourth-order valence-electron chi connectivity index (χ4n) is 3.43. The van der Waals surface area contributed by atoms with Crippen molar-refractivity contribution in [3.05, 3.63) is 35.9 Å². The molecule has 2 saturated heterocycles. The fraction of sp³-hybridized carbons (Fsp3) is 0.625. The summed E-state index contributed by atoms with van der Waals surface area (Å²) in [6.45, 7) is 1.21. The van der Waals surface area contributed by atoms with E-state index in [4.69, 9.17) is 0 Å². The van der Waals surface area contributed by atoms with Gasteiger partial charge in [0.15, 0.2) is 0 Å². The van der Waals surface area contributed by atoms with E-state index in [1.54, 1.807) is 0 Å². The van der Waals surface area contributed by atoms with Crippen LogP contribution in [0.3, 0.4) is 0 Å². The molecule has 0 bridgehead atoms. The van der Waals surface area contributed by atoms with E-state index in [0.717, 1.165) is 6.04 Å². The summed E-state index contributed by atoms with van der Waals surface area (Å²) in [5, 5.41) is 3.94. The number of hydrogen-bond acceptors (Lipinski definition) is 3. The van der Waals surface area contributed by atoms with Crippen LogP contribution in [0, 0.1) is 0 Å². The smallest absolute Gasteiger partial charge is 0.0499 e. The van der Waals surface area contributed by atoms with E-state index in [1.807, 2.05) is 0 Å². The minimum absolute atomic E-state index is 0.552. The third-order valence-corrected chi connectivity index (χ3v) is 5.51. The van der Waals surface area contributed by atoms with Gasteiger partial charge in [-0.15, -0.1) is 0 Å². The van der Waals surface area contributed by atoms with Gasteiger partial charge in [-0.3, -0.25) is 4.90 Å². The molecule has 104 valence electrons. The second kappa shape index (κ2) is 6.29. The topological polar surface area (TPSA) is 15.3 Å². The monoisotopic (exact) mass is 276 g/mol. The van der Waals surface area contributed by atoms with E-state index in [9.17, 15) is 0 Å². The van der Waals surface area contributed by atoms with Crippen molar-refractivity contribution >= 4 is 11.8 Å². The van der Waals surface area contributed by atoms with Gasteiger partial charge in [0.1, 0.15) is 0 Å². The first-order chi connectivity index (χ1) is 9.34. The number of thioether (sulfide) groups is 1. The zero-order valence-corrected chi connectivity index (χ0v) is 12.5. The van der Waals surface area contributed by atoms with Gasteiger partial charge in [-0.25, -0.2) is 0 Å². The van der Waals surface area contributed by atoms with Crippen LogP contribution >= 0.6 is 11.8 Å². The molecular formula is C16H24N2S. The lowest BCUT2D eigenvalue weighted by atomic mass is 9.98. The Morgan fingerprint density at radius 3 is 2.58 bits per heavy atom. The molecule has 3 heteroatoms. The fourth-order valence-corrected chi connectivity index (χ4v) is 4.53. The van der Waals surface area contributed by atoms with E-state index in [2.05, 4.69) is 59.4 Å². The zero-order valence-electron chi connectivity index (χ0n) is 11.7. The highest BCUT2D eigenvalue weighted by atomic mass is 32.2. The van der Waals surface area contributed by atoms with Crippen LogP contribution in [0.4, 0.5) is 0 Å². The van der Waals surface area contributed by atoms with Crippen LogP contribution in [0.5, 0.6) is 0 Å². The average Bonchev–Trinajstić information content (AvgIpc) is 2.82. The number of likely N-dealkylation sites (tertiary alicyclic amines) is 1. The van der Waals surface area contributed by atoms with Crippen molar-refractivity contribution in [2.75, 3.05) is 25.1 Å². The van der Waals surface area contributed by atoms with Crippen LogP contribution in [0.15, 0.2) is 30.3 Å². The molecule has 0 radical (unpaired) electrons. The maximum Gasteiger partial charge on any atom is 0.0499 e. The van der Waals surface area contributed by atoms with Crippen molar-refractivity contribution < 1.29 is 0 Å². The molecule has 2 aliphatic rings. The Labute approximate surface area is 121 Å². The maximum absolute atomic E-state index is 3.94. The van der Waals surface area contributed by atoms with Crippen LogP contribution < -0.4 is 5.32 Å². The Morgan fingerprint density at radius 2 is 1.84 bits per heavy atom. The number of hydrogen-bond donors (Lipinski definition) is 1. The lowest BCUT2D eigenvalue weighted by Gasteiger charge is -2.31. The quantitative estimate of drug-likeness (QED) is 0.914. The molecule has 1 N–H and O–H groups in total. The molecule has 3 rings (SSSR count). The van der Waals surface area contributed by atoms with Gasteiger partial charge in [0.05, 0.1) is 0 Å². The number of nitrogens with one attached hydrogen (secondary N) is 1. The van der Waals surface area contributed by atoms with E-state index < -0.39 is 0 Å². The minimum atomic E-state index is 0.552. The van der Waals surface area contributed by atoms with Crippen molar-refractivity contribution in [2.45, 2.75) is 37.4 Å². The van der Waals surface area contributed by atoms with Crippen LogP contribution in [-0.2, 0) is 0 Å². The van der Waals surface area contributed by atoms with Crippen LogP contribution in [0.25, 0.3) is 0 Å². The van der Waals surface area contributed by atoms with Gasteiger partial charge in [-0.1, -0.05) is 30.3 Å². The highest BCUT2D eigenvalue weighted by Gasteiger charge is 2.34. The molecule has 2 aliphatic heterocycles. The van der Waals surface area contributed by atoms with Crippen molar-refractivity contribution in [3.63, 3.8) is 0 Å². The summed E-state index contributed by atoms with van der Waals surface area (Å²) in [6, 6.07) is 12.9. The lowest BCUT2D eigenvalue weighted by molar-refractivity contribution is 0.272. The molecule has 2 atom stereocenters. The van der Waals surface area contributed by atoms with Crippen LogP contribution in [-0.4, -0.2) is 42.1 Å². The van der Waals surface area contributed by atoms with Gasteiger partial charge < -0.3 is 5.32 Å². The molecule has 1 aromatic rings. The number of nitrogens with zero attached hydrogens (tertiary/aromatic N) is 1. The molecule has 2 heterocycles. The van der Waals surface area contributed by atoms with Crippen LogP contribution in [0.1, 0.15) is 30.9 Å². The Kier molecular flexibility index (Phi) is 4.46. The third-order valence-electron chi connectivity index (χ3n) is 4.46. The first-order valence-corrected chi connectivity index (χ1v) is 8.59. The standard InChI is InChI=1S/C16H24N2S/c1-18-10-7-15(17-14-8-11-19-12-9-14)16(18)13-5-3-2-4-6-13/h2-6,14-17H,7-12H2,1H3. The van der Waals surface area contributed by atoms with Gasteiger partial charge in [0.25, 0.3) is 0 Å². The van der Waals surface area contributed by atoms with E-state index in [-0.39, 0.29) is 0 Å². The summed E-state index contributed by atoms with van der Waals surface area (Å²) in [7, 11) is 2.26. The Hall–Kier alpha value is -0.510. The molecule has 0 saturated carbocycles. The molecule has 2 fully saturated rings. The number of benzene rings is 1. The molecule has 0 aromatic heterocycles. The molecule has 0 aliphatic carbocycles. The first-order valence-electron chi connectivity index (χ1n) is 7.43. The highest BCUT2D eigenvalue weighted by Crippen LogP contribution is 2.32. The lowest BCUT2D eigenvalue weighted by Crippen LogP contribution is -2.43. The Balaban J connectivity index is 1.69. The van der Waals surface area contributed by atoms with E-state index in [0.29, 0.717) is 12.1 Å². The molecule has 2 nitrogen and oxygen atoms in total. The van der Waals surface area contributed by atoms with E-state index in [1.165, 1.54) is 42.9 Å².